The van der Waals surface area contributed by atoms with Crippen molar-refractivity contribution in [2.45, 2.75) is 64.2 Å². The third-order valence-electron chi connectivity index (χ3n) is 9.50. The summed E-state index contributed by atoms with van der Waals surface area (Å²) in [5.74, 6) is 10.3. The van der Waals surface area contributed by atoms with Gasteiger partial charge in [-0.25, -0.2) is 0 Å². The summed E-state index contributed by atoms with van der Waals surface area (Å²) in [5.41, 5.74) is 1.35. The van der Waals surface area contributed by atoms with E-state index in [0.717, 1.165) is 21.5 Å². The maximum Gasteiger partial charge on any atom is 0.124 e. The number of phenols is 2. The molecule has 4 fully saturated rings. The zero-order valence-electron chi connectivity index (χ0n) is 24.7. The molecule has 214 valence electrons. The molecule has 0 atom stereocenters. The Morgan fingerprint density at radius 1 is 0.465 bits per heavy atom. The van der Waals surface area contributed by atoms with Gasteiger partial charge in [0.2, 0.25) is 0 Å². The molecule has 43 heavy (non-hydrogen) atoms. The smallest absolute Gasteiger partial charge is 0.124 e. The van der Waals surface area contributed by atoms with Gasteiger partial charge in [-0.2, -0.15) is 0 Å². The predicted octanol–water partition coefficient (Wildman–Crippen LogP) is 10.3. The van der Waals surface area contributed by atoms with Gasteiger partial charge in [-0.05, 0) is 133 Å². The van der Waals surface area contributed by atoms with Gasteiger partial charge in [0.15, 0.2) is 0 Å². The molecule has 0 bridgehead atoms. The maximum absolute atomic E-state index is 10.4. The van der Waals surface area contributed by atoms with Crippen LogP contribution in [0.1, 0.15) is 64.2 Å². The summed E-state index contributed by atoms with van der Waals surface area (Å²) in [6.07, 6.45) is 23.0. The third-order valence-corrected chi connectivity index (χ3v) is 9.50. The largest absolute Gasteiger partial charge is 0.507 e. The van der Waals surface area contributed by atoms with Crippen molar-refractivity contribution in [1.29, 1.82) is 0 Å². The first-order valence-electron chi connectivity index (χ1n) is 15.6. The molecule has 4 aromatic carbocycles. The summed E-state index contributed by atoms with van der Waals surface area (Å²) in [6, 6.07) is 22.9. The van der Waals surface area contributed by atoms with Crippen LogP contribution >= 0.6 is 0 Å². The summed E-state index contributed by atoms with van der Waals surface area (Å²) >= 11 is 0. The van der Waals surface area contributed by atoms with E-state index in [0.29, 0.717) is 11.1 Å². The SMILES string of the molecule is Oc1ccc2ccccc2c1-c1c(O)ccc2ccccc12.[CH]1[CH][C](CC[C]2[CH][CH][C]3CCCC[C]32)[C]2CCCC[C]12.[Zr]. The molecular weight excluding hydrogens is 604 g/mol. The van der Waals surface area contributed by atoms with Gasteiger partial charge < -0.3 is 10.2 Å². The van der Waals surface area contributed by atoms with Crippen molar-refractivity contribution in [3.05, 3.63) is 134 Å². The summed E-state index contributed by atoms with van der Waals surface area (Å²) < 4.78 is 0. The Labute approximate surface area is 277 Å². The Kier molecular flexibility index (Phi) is 9.98. The first-order valence-corrected chi connectivity index (χ1v) is 15.6. The molecule has 0 saturated heterocycles. The fourth-order valence-corrected chi connectivity index (χ4v) is 7.35. The first kappa shape index (κ1) is 30.9. The van der Waals surface area contributed by atoms with Crippen LogP contribution in [0.2, 0.25) is 0 Å². The van der Waals surface area contributed by atoms with Crippen molar-refractivity contribution in [3.63, 3.8) is 0 Å². The molecule has 4 aliphatic carbocycles. The van der Waals surface area contributed by atoms with E-state index in [-0.39, 0.29) is 37.7 Å². The van der Waals surface area contributed by atoms with Gasteiger partial charge in [0.25, 0.3) is 0 Å². The number of fused-ring (bicyclic) bond motifs is 4. The summed E-state index contributed by atoms with van der Waals surface area (Å²) in [7, 11) is 0. The van der Waals surface area contributed by atoms with Crippen LogP contribution in [-0.2, 0) is 26.2 Å². The van der Waals surface area contributed by atoms with Crippen LogP contribution in [0.5, 0.6) is 11.5 Å². The Hall–Kier alpha value is -2.12. The van der Waals surface area contributed by atoms with Crippen molar-refractivity contribution in [1.82, 2.24) is 0 Å². The van der Waals surface area contributed by atoms with Crippen LogP contribution in [0.3, 0.4) is 0 Å². The van der Waals surface area contributed by atoms with Crippen LogP contribution < -0.4 is 0 Å². The summed E-state index contributed by atoms with van der Waals surface area (Å²) in [4.78, 5) is 0. The molecule has 0 aliphatic heterocycles. The zero-order chi connectivity index (χ0) is 28.5. The van der Waals surface area contributed by atoms with E-state index < -0.39 is 0 Å². The third kappa shape index (κ3) is 6.36. The number of hydrogen-bond donors (Lipinski definition) is 2. The molecule has 4 aromatic rings. The van der Waals surface area contributed by atoms with Gasteiger partial charge in [-0.3, -0.25) is 0 Å². The second-order valence-electron chi connectivity index (χ2n) is 12.0. The Morgan fingerprint density at radius 3 is 1.35 bits per heavy atom. The Balaban J connectivity index is 0.000000150. The zero-order valence-corrected chi connectivity index (χ0v) is 27.2. The van der Waals surface area contributed by atoms with Crippen LogP contribution in [0, 0.1) is 61.2 Å². The molecule has 0 heterocycles. The topological polar surface area (TPSA) is 40.5 Å². The molecule has 0 amide bonds. The van der Waals surface area contributed by atoms with Crippen molar-refractivity contribution >= 4 is 21.5 Å². The molecule has 2 N–H and O–H groups in total. The van der Waals surface area contributed by atoms with Crippen LogP contribution in [-0.4, -0.2) is 10.2 Å². The Morgan fingerprint density at radius 2 is 0.884 bits per heavy atom. The standard InChI is InChI=1S/C20H14O2.C20H24.Zr/c21-17-11-9-13-5-1-3-7-15(13)19(17)20-16-8-4-2-6-14(16)10-12-18(20)22;1-3-7-19-15(5-1)9-11-17(19)13-14-18-12-10-16-6-2-4-8-20(16)18;/h1-12,21-22H;9-12H,1-8,13-14H2;. The molecule has 8 rings (SSSR count). The van der Waals surface area contributed by atoms with Crippen molar-refractivity contribution in [3.8, 4) is 22.6 Å². The summed E-state index contributed by atoms with van der Waals surface area (Å²) in [5, 5.41) is 24.8. The van der Waals surface area contributed by atoms with E-state index in [2.05, 4.69) is 25.7 Å². The monoisotopic (exact) mass is 640 g/mol. The quantitative estimate of drug-likeness (QED) is 0.233. The maximum atomic E-state index is 10.4. The normalized spacial score (nSPS) is 20.5. The van der Waals surface area contributed by atoms with E-state index in [1.54, 1.807) is 47.6 Å². The number of aromatic hydroxyl groups is 2. The first-order chi connectivity index (χ1) is 20.7. The number of hydrogen-bond acceptors (Lipinski definition) is 2. The second kappa shape index (κ2) is 13.9. The minimum absolute atomic E-state index is 0. The molecule has 0 unspecified atom stereocenters. The van der Waals surface area contributed by atoms with E-state index in [1.807, 2.05) is 60.7 Å². The fourth-order valence-electron chi connectivity index (χ4n) is 7.35. The molecule has 10 radical (unpaired) electrons. The van der Waals surface area contributed by atoms with Gasteiger partial charge in [-0.15, -0.1) is 0 Å². The average molecular weight is 642 g/mol. The van der Waals surface area contributed by atoms with Gasteiger partial charge in [0.1, 0.15) is 11.5 Å². The molecule has 3 heteroatoms. The van der Waals surface area contributed by atoms with Crippen molar-refractivity contribution in [2.75, 3.05) is 0 Å². The molecule has 4 aliphatic rings. The van der Waals surface area contributed by atoms with Gasteiger partial charge in [0.05, 0.1) is 0 Å². The summed E-state index contributed by atoms with van der Waals surface area (Å²) in [6.45, 7) is 0. The molecule has 0 aromatic heterocycles. The van der Waals surface area contributed by atoms with Crippen LogP contribution in [0.25, 0.3) is 32.7 Å². The van der Waals surface area contributed by atoms with E-state index in [1.165, 1.54) is 64.2 Å². The van der Waals surface area contributed by atoms with Crippen molar-refractivity contribution in [2.24, 2.45) is 0 Å². The van der Waals surface area contributed by atoms with Crippen LogP contribution in [0.4, 0.5) is 0 Å². The average Bonchev–Trinajstić information content (AvgIpc) is 3.65. The fraction of sp³-hybridized carbons (Fsp3) is 0.250. The van der Waals surface area contributed by atoms with Gasteiger partial charge in [0, 0.05) is 37.3 Å². The molecular formula is C40H38O2Zr. The van der Waals surface area contributed by atoms with E-state index in [9.17, 15) is 10.2 Å². The number of rotatable bonds is 4. The van der Waals surface area contributed by atoms with Gasteiger partial charge >= 0.3 is 0 Å². The minimum atomic E-state index is 0. The minimum Gasteiger partial charge on any atom is -0.507 e. The Bertz CT molecular complexity index is 1410. The van der Waals surface area contributed by atoms with E-state index in [4.69, 9.17) is 0 Å². The van der Waals surface area contributed by atoms with Crippen LogP contribution in [0.15, 0.2) is 72.8 Å². The van der Waals surface area contributed by atoms with Crippen molar-refractivity contribution < 1.29 is 36.4 Å². The molecule has 2 nitrogen and oxygen atoms in total. The van der Waals surface area contributed by atoms with Gasteiger partial charge in [-0.1, -0.05) is 86.3 Å². The van der Waals surface area contributed by atoms with E-state index >= 15 is 0 Å². The second-order valence-corrected chi connectivity index (χ2v) is 12.0. The molecule has 0 spiro atoms. The number of benzene rings is 4. The number of phenolic OH excluding ortho intramolecular Hbond substituents is 2. The predicted molar refractivity (Wildman–Crippen MR) is 173 cm³/mol. The molecule has 4 saturated carbocycles.